The van der Waals surface area contributed by atoms with E-state index in [0.717, 1.165) is 36.4 Å². The maximum absolute atomic E-state index is 16.0. The minimum absolute atomic E-state index is 0.0308. The molecule has 3 aliphatic rings. The summed E-state index contributed by atoms with van der Waals surface area (Å²) in [4.78, 5) is 7.87. The smallest absolute Gasteiger partial charge is 0.256 e. The van der Waals surface area contributed by atoms with Gasteiger partial charge in [0.15, 0.2) is 0 Å². The molecule has 0 radical (unpaired) electrons. The number of fused-ring (bicyclic) bond motifs is 8. The van der Waals surface area contributed by atoms with Gasteiger partial charge in [0.05, 0.1) is 11.0 Å². The van der Waals surface area contributed by atoms with Crippen molar-refractivity contribution in [2.75, 3.05) is 0 Å². The second-order valence-corrected chi connectivity index (χ2v) is 15.8. The zero-order valence-electron chi connectivity index (χ0n) is 31.6. The van der Waals surface area contributed by atoms with Gasteiger partial charge < -0.3 is 0 Å². The van der Waals surface area contributed by atoms with Gasteiger partial charge in [0.25, 0.3) is 0 Å². The average molecular weight is 929 g/mol. The molecule has 2 aromatic heterocycles. The zero-order valence-corrected chi connectivity index (χ0v) is 31.6. The summed E-state index contributed by atoms with van der Waals surface area (Å²) in [7, 11) is 0. The summed E-state index contributed by atoms with van der Waals surface area (Å²) in [6.07, 6.45) is 2.50. The molecule has 2 heterocycles. The summed E-state index contributed by atoms with van der Waals surface area (Å²) < 4.78 is 282. The van der Waals surface area contributed by atoms with Gasteiger partial charge in [0.1, 0.15) is 0 Å². The molecular weight excluding hydrogens is 910 g/mol. The molecule has 0 N–H and O–H groups in total. The van der Waals surface area contributed by atoms with Crippen molar-refractivity contribution in [2.24, 2.45) is 0 Å². The largest absolute Gasteiger partial charge is 0.380 e. The topological polar surface area (TPSA) is 25.8 Å². The van der Waals surface area contributed by atoms with E-state index in [9.17, 15) is 0 Å². The summed E-state index contributed by atoms with van der Waals surface area (Å²) in [5.74, 6) is -53.7. The van der Waals surface area contributed by atoms with Crippen LogP contribution in [0.4, 0.5) is 79.0 Å². The summed E-state index contributed by atoms with van der Waals surface area (Å²) in [5, 5.41) is -5.35. The van der Waals surface area contributed by atoms with E-state index in [1.807, 2.05) is 0 Å². The van der Waals surface area contributed by atoms with E-state index in [2.05, 4.69) is 9.97 Å². The highest BCUT2D eigenvalue weighted by Crippen LogP contribution is 2.69. The van der Waals surface area contributed by atoms with Crippen LogP contribution >= 0.6 is 0 Å². The number of pyridine rings is 2. The number of hydrogen-bond donors (Lipinski definition) is 0. The highest BCUT2D eigenvalue weighted by Gasteiger charge is 2.82. The van der Waals surface area contributed by atoms with Crippen molar-refractivity contribution in [3.05, 3.63) is 143 Å². The van der Waals surface area contributed by atoms with Crippen LogP contribution in [0.15, 0.2) is 109 Å². The van der Waals surface area contributed by atoms with E-state index in [-0.39, 0.29) is 58.2 Å². The molecule has 0 unspecified atom stereocenters. The third kappa shape index (κ3) is 4.97. The van der Waals surface area contributed by atoms with Crippen LogP contribution in [-0.2, 0) is 11.8 Å². The van der Waals surface area contributed by atoms with Crippen molar-refractivity contribution in [2.45, 2.75) is 53.3 Å². The molecule has 3 aliphatic carbocycles. The number of nitrogens with zero attached hydrogens (tertiary/aromatic N) is 2. The molecule has 0 fully saturated rings. The molecule has 0 spiro atoms. The Morgan fingerprint density at radius 2 is 0.585 bits per heavy atom. The minimum Gasteiger partial charge on any atom is -0.256 e. The van der Waals surface area contributed by atoms with Crippen LogP contribution in [0.3, 0.4) is 0 Å². The standard InChI is InChI=1S/C45H18F18N2/c46-37(47)31(21-7-11-29-19(15-21)3-1-13-64-29)33(39(50,51)43(37,58)59)23-5-9-25-27(17-23)28-18-24(6-10-26(28)36-35(25)41(54,55)45(62,63)42(36,56)57)34-32(38(48,49)44(60,61)40(34,52)53)22-8-12-30-20(16-22)4-2-14-65-30/h1-18H. The Morgan fingerprint density at radius 1 is 0.292 bits per heavy atom. The van der Waals surface area contributed by atoms with Crippen LogP contribution in [0.2, 0.25) is 0 Å². The van der Waals surface area contributed by atoms with Gasteiger partial charge in [-0.2, -0.15) is 79.0 Å². The molecule has 65 heavy (non-hydrogen) atoms. The predicted molar refractivity (Wildman–Crippen MR) is 201 cm³/mol. The summed E-state index contributed by atoms with van der Waals surface area (Å²) in [5.41, 5.74) is -17.3. The lowest BCUT2D eigenvalue weighted by molar-refractivity contribution is -0.301. The number of alkyl halides is 18. The Morgan fingerprint density at radius 3 is 0.923 bits per heavy atom. The number of benzene rings is 5. The molecule has 0 aliphatic heterocycles. The second-order valence-electron chi connectivity index (χ2n) is 15.8. The third-order valence-electron chi connectivity index (χ3n) is 12.2. The van der Waals surface area contributed by atoms with Gasteiger partial charge in [-0.05, 0) is 92.3 Å². The molecule has 10 rings (SSSR count). The Hall–Kier alpha value is -6.34. The first kappa shape index (κ1) is 42.6. The molecule has 0 saturated heterocycles. The number of aromatic nitrogens is 2. The molecule has 0 saturated carbocycles. The fourth-order valence-corrected chi connectivity index (χ4v) is 9.13. The Labute approximate surface area is 350 Å². The predicted octanol–water partition coefficient (Wildman–Crippen LogP) is 14.6. The average Bonchev–Trinajstić information content (AvgIpc) is 3.50. The number of hydrogen-bond acceptors (Lipinski definition) is 2. The first-order chi connectivity index (χ1) is 30.1. The first-order valence-corrected chi connectivity index (χ1v) is 18.7. The highest BCUT2D eigenvalue weighted by molar-refractivity contribution is 6.15. The van der Waals surface area contributed by atoms with Crippen molar-refractivity contribution in [3.63, 3.8) is 0 Å². The van der Waals surface area contributed by atoms with E-state index in [0.29, 0.717) is 0 Å². The second kappa shape index (κ2) is 12.5. The van der Waals surface area contributed by atoms with Gasteiger partial charge in [-0.3, -0.25) is 9.97 Å². The Kier molecular flexibility index (Phi) is 8.20. The fraction of sp³-hybridized carbons (Fsp3) is 0.200. The van der Waals surface area contributed by atoms with Crippen LogP contribution in [0.1, 0.15) is 33.4 Å². The summed E-state index contributed by atoms with van der Waals surface area (Å²) >= 11 is 0. The number of rotatable bonds is 4. The molecule has 5 aromatic carbocycles. The summed E-state index contributed by atoms with van der Waals surface area (Å²) in [6.45, 7) is 0. The van der Waals surface area contributed by atoms with Crippen LogP contribution in [0.25, 0.3) is 65.6 Å². The van der Waals surface area contributed by atoms with Gasteiger partial charge >= 0.3 is 53.3 Å². The molecule has 334 valence electrons. The van der Waals surface area contributed by atoms with E-state index in [1.54, 1.807) is 0 Å². The zero-order chi connectivity index (χ0) is 47.0. The van der Waals surface area contributed by atoms with E-state index in [1.165, 1.54) is 36.7 Å². The fourth-order valence-electron chi connectivity index (χ4n) is 9.13. The summed E-state index contributed by atoms with van der Waals surface area (Å²) in [6, 6.07) is 11.2. The Balaban J connectivity index is 1.33. The van der Waals surface area contributed by atoms with Crippen LogP contribution < -0.4 is 0 Å². The van der Waals surface area contributed by atoms with Crippen molar-refractivity contribution < 1.29 is 79.0 Å². The molecular formula is C45H18F18N2. The van der Waals surface area contributed by atoms with Crippen molar-refractivity contribution >= 4 is 65.6 Å². The highest BCUT2D eigenvalue weighted by atomic mass is 19.4. The van der Waals surface area contributed by atoms with E-state index >= 15 is 79.0 Å². The monoisotopic (exact) mass is 928 g/mol. The molecule has 2 nitrogen and oxygen atoms in total. The maximum Gasteiger partial charge on any atom is 0.380 e. The lowest BCUT2D eigenvalue weighted by atomic mass is 9.86. The van der Waals surface area contributed by atoms with Crippen molar-refractivity contribution in [1.82, 2.24) is 9.97 Å². The van der Waals surface area contributed by atoms with Crippen LogP contribution in [-0.4, -0.2) is 51.4 Å². The lowest BCUT2D eigenvalue weighted by Crippen LogP contribution is -2.48. The molecule has 0 amide bonds. The van der Waals surface area contributed by atoms with Gasteiger partial charge in [0.2, 0.25) is 0 Å². The molecule has 7 aromatic rings. The molecule has 0 atom stereocenters. The SMILES string of the molecule is FC1(F)C(c2ccc3ncccc3c2)=C(c2ccc3c4c(c5ccc(C6=C(c7ccc8ncccc8c7)C(F)(F)C(F)(F)C6(F)F)cc5c3c2)C(F)(F)C(F)(F)C4(F)F)C(F)(F)C1(F)F. The van der Waals surface area contributed by atoms with Crippen molar-refractivity contribution in [3.8, 4) is 0 Å². The normalized spacial score (nSPS) is 22.7. The third-order valence-corrected chi connectivity index (χ3v) is 12.2. The quantitative estimate of drug-likeness (QED) is 0.130. The van der Waals surface area contributed by atoms with Gasteiger partial charge in [0, 0.05) is 56.6 Å². The van der Waals surface area contributed by atoms with Crippen LogP contribution in [0.5, 0.6) is 0 Å². The van der Waals surface area contributed by atoms with Gasteiger partial charge in [-0.25, -0.2) is 0 Å². The van der Waals surface area contributed by atoms with Crippen molar-refractivity contribution in [1.29, 1.82) is 0 Å². The molecule has 20 heteroatoms. The van der Waals surface area contributed by atoms with Crippen LogP contribution in [0, 0.1) is 0 Å². The van der Waals surface area contributed by atoms with Gasteiger partial charge in [-0.1, -0.05) is 48.5 Å². The first-order valence-electron chi connectivity index (χ1n) is 18.7. The minimum atomic E-state index is -6.30. The molecule has 0 bridgehead atoms. The lowest BCUT2D eigenvalue weighted by Gasteiger charge is -2.26. The van der Waals surface area contributed by atoms with E-state index < -0.39 is 131 Å². The maximum atomic E-state index is 16.0. The number of halogens is 18. The Bertz CT molecular complexity index is 3110. The van der Waals surface area contributed by atoms with Gasteiger partial charge in [-0.15, -0.1) is 0 Å². The number of allylic oxidation sites excluding steroid dienone is 4. The van der Waals surface area contributed by atoms with E-state index in [4.69, 9.17) is 0 Å².